The molecule has 1 saturated carbocycles. The smallest absolute Gasteiger partial charge is 0.0564 e. The second-order valence-electron chi connectivity index (χ2n) is 7.24. The minimum atomic E-state index is -0.0866. The van der Waals surface area contributed by atoms with E-state index in [9.17, 15) is 5.11 Å². The normalized spacial score (nSPS) is 21.9. The largest absolute Gasteiger partial charge is 0.393 e. The Morgan fingerprint density at radius 2 is 1.82 bits per heavy atom. The molecule has 1 aromatic rings. The Morgan fingerprint density at radius 3 is 2.50 bits per heavy atom. The highest BCUT2D eigenvalue weighted by molar-refractivity contribution is 5.27. The Kier molecular flexibility index (Phi) is 5.51. The zero-order valence-corrected chi connectivity index (χ0v) is 13.8. The molecule has 2 aliphatic rings. The van der Waals surface area contributed by atoms with Crippen molar-refractivity contribution in [3.8, 4) is 0 Å². The van der Waals surface area contributed by atoms with Gasteiger partial charge in [0.05, 0.1) is 6.10 Å². The van der Waals surface area contributed by atoms with Crippen LogP contribution in [0, 0.1) is 5.92 Å². The van der Waals surface area contributed by atoms with Gasteiger partial charge in [0.2, 0.25) is 0 Å². The first kappa shape index (κ1) is 16.0. The van der Waals surface area contributed by atoms with E-state index in [0.717, 1.165) is 44.9 Å². The van der Waals surface area contributed by atoms with Gasteiger partial charge in [-0.2, -0.15) is 0 Å². The van der Waals surface area contributed by atoms with Crippen LogP contribution in [-0.2, 0) is 13.1 Å². The molecule has 0 radical (unpaired) electrons. The average Bonchev–Trinajstić information content (AvgIpc) is 3.33. The van der Waals surface area contributed by atoms with Gasteiger partial charge in [-0.25, -0.2) is 0 Å². The Bertz CT molecular complexity index is 464. The standard InChI is InChI=1S/C19H30N2O/c1-15(12-16-6-7-16)20-13-17-4-2-3-5-18(17)14-21-10-8-19(22)9-11-21/h2-5,15-16,19-20,22H,6-14H2,1H3. The van der Waals surface area contributed by atoms with Crippen molar-refractivity contribution in [2.24, 2.45) is 5.92 Å². The van der Waals surface area contributed by atoms with E-state index in [2.05, 4.69) is 41.4 Å². The van der Waals surface area contributed by atoms with E-state index < -0.39 is 0 Å². The van der Waals surface area contributed by atoms with Gasteiger partial charge < -0.3 is 10.4 Å². The molecule has 1 aromatic carbocycles. The van der Waals surface area contributed by atoms with Gasteiger partial charge >= 0.3 is 0 Å². The SMILES string of the molecule is CC(CC1CC1)NCc1ccccc1CN1CCC(O)CC1. The number of nitrogens with zero attached hydrogens (tertiary/aromatic N) is 1. The number of hydrogen-bond donors (Lipinski definition) is 2. The first-order valence-corrected chi connectivity index (χ1v) is 8.91. The van der Waals surface area contributed by atoms with Crippen LogP contribution in [-0.4, -0.2) is 35.2 Å². The minimum absolute atomic E-state index is 0.0866. The van der Waals surface area contributed by atoms with Crippen molar-refractivity contribution in [2.75, 3.05) is 13.1 Å². The van der Waals surface area contributed by atoms with Crippen LogP contribution in [0.3, 0.4) is 0 Å². The Hall–Kier alpha value is -0.900. The fourth-order valence-corrected chi connectivity index (χ4v) is 3.42. The zero-order valence-electron chi connectivity index (χ0n) is 13.8. The van der Waals surface area contributed by atoms with Crippen molar-refractivity contribution < 1.29 is 5.11 Å². The lowest BCUT2D eigenvalue weighted by atomic mass is 10.0. The molecule has 1 heterocycles. The number of nitrogens with one attached hydrogen (secondary N) is 1. The van der Waals surface area contributed by atoms with Crippen LogP contribution in [0.5, 0.6) is 0 Å². The van der Waals surface area contributed by atoms with Gasteiger partial charge in [-0.05, 0) is 43.2 Å². The summed E-state index contributed by atoms with van der Waals surface area (Å²) in [6, 6.07) is 9.42. The van der Waals surface area contributed by atoms with E-state index in [-0.39, 0.29) is 6.10 Å². The van der Waals surface area contributed by atoms with E-state index in [1.54, 1.807) is 0 Å². The number of hydrogen-bond acceptors (Lipinski definition) is 3. The predicted molar refractivity (Wildman–Crippen MR) is 90.6 cm³/mol. The maximum absolute atomic E-state index is 9.63. The highest BCUT2D eigenvalue weighted by Crippen LogP contribution is 2.33. The fourth-order valence-electron chi connectivity index (χ4n) is 3.42. The van der Waals surface area contributed by atoms with E-state index >= 15 is 0 Å². The molecular formula is C19H30N2O. The van der Waals surface area contributed by atoms with E-state index in [1.807, 2.05) is 0 Å². The Morgan fingerprint density at radius 1 is 1.14 bits per heavy atom. The van der Waals surface area contributed by atoms with E-state index in [4.69, 9.17) is 0 Å². The molecule has 0 bridgehead atoms. The molecule has 122 valence electrons. The minimum Gasteiger partial charge on any atom is -0.393 e. The highest BCUT2D eigenvalue weighted by Gasteiger charge is 2.23. The number of benzene rings is 1. The van der Waals surface area contributed by atoms with Gasteiger partial charge in [-0.15, -0.1) is 0 Å². The third-order valence-electron chi connectivity index (χ3n) is 5.09. The van der Waals surface area contributed by atoms with E-state index in [1.165, 1.54) is 30.4 Å². The number of aliphatic hydroxyl groups is 1. The number of piperidine rings is 1. The first-order chi connectivity index (χ1) is 10.7. The maximum Gasteiger partial charge on any atom is 0.0564 e. The summed E-state index contributed by atoms with van der Waals surface area (Å²) in [6.07, 6.45) is 5.94. The molecule has 2 fully saturated rings. The molecule has 1 aliphatic carbocycles. The summed E-state index contributed by atoms with van der Waals surface area (Å²) in [7, 11) is 0. The molecular weight excluding hydrogens is 272 g/mol. The molecule has 0 spiro atoms. The lowest BCUT2D eigenvalue weighted by Crippen LogP contribution is -2.35. The van der Waals surface area contributed by atoms with Crippen molar-refractivity contribution in [3.63, 3.8) is 0 Å². The summed E-state index contributed by atoms with van der Waals surface area (Å²) in [4.78, 5) is 2.47. The zero-order chi connectivity index (χ0) is 15.4. The maximum atomic E-state index is 9.63. The number of rotatable bonds is 7. The molecule has 22 heavy (non-hydrogen) atoms. The van der Waals surface area contributed by atoms with Crippen LogP contribution in [0.4, 0.5) is 0 Å². The number of aliphatic hydroxyl groups excluding tert-OH is 1. The topological polar surface area (TPSA) is 35.5 Å². The lowest BCUT2D eigenvalue weighted by Gasteiger charge is -2.30. The molecule has 1 unspecified atom stereocenters. The summed E-state index contributed by atoms with van der Waals surface area (Å²) >= 11 is 0. The second-order valence-corrected chi connectivity index (χ2v) is 7.24. The predicted octanol–water partition coefficient (Wildman–Crippen LogP) is 2.92. The summed E-state index contributed by atoms with van der Waals surface area (Å²) in [5.41, 5.74) is 2.86. The summed E-state index contributed by atoms with van der Waals surface area (Å²) < 4.78 is 0. The van der Waals surface area contributed by atoms with Crippen molar-refractivity contribution in [2.45, 2.75) is 64.3 Å². The average molecular weight is 302 g/mol. The third-order valence-corrected chi connectivity index (χ3v) is 5.09. The van der Waals surface area contributed by atoms with Crippen molar-refractivity contribution in [1.29, 1.82) is 0 Å². The second kappa shape index (κ2) is 7.58. The molecule has 1 saturated heterocycles. The van der Waals surface area contributed by atoms with Gasteiger partial charge in [0.1, 0.15) is 0 Å². The van der Waals surface area contributed by atoms with Crippen LogP contribution in [0.1, 0.15) is 50.2 Å². The first-order valence-electron chi connectivity index (χ1n) is 8.91. The van der Waals surface area contributed by atoms with Gasteiger partial charge in [0.15, 0.2) is 0 Å². The van der Waals surface area contributed by atoms with Crippen LogP contribution in [0.15, 0.2) is 24.3 Å². The molecule has 0 aromatic heterocycles. The van der Waals surface area contributed by atoms with Gasteiger partial charge in [-0.1, -0.05) is 37.1 Å². The van der Waals surface area contributed by atoms with Crippen LogP contribution in [0.25, 0.3) is 0 Å². The quantitative estimate of drug-likeness (QED) is 0.813. The van der Waals surface area contributed by atoms with Gasteiger partial charge in [-0.3, -0.25) is 4.90 Å². The van der Waals surface area contributed by atoms with Gasteiger partial charge in [0.25, 0.3) is 0 Å². The van der Waals surface area contributed by atoms with E-state index in [0.29, 0.717) is 6.04 Å². The monoisotopic (exact) mass is 302 g/mol. The Balaban J connectivity index is 1.52. The summed E-state index contributed by atoms with van der Waals surface area (Å²) in [5, 5.41) is 13.3. The molecule has 2 N–H and O–H groups in total. The van der Waals surface area contributed by atoms with Crippen LogP contribution >= 0.6 is 0 Å². The van der Waals surface area contributed by atoms with Crippen LogP contribution in [0.2, 0.25) is 0 Å². The van der Waals surface area contributed by atoms with Crippen molar-refractivity contribution in [1.82, 2.24) is 10.2 Å². The molecule has 3 rings (SSSR count). The summed E-state index contributed by atoms with van der Waals surface area (Å²) in [5.74, 6) is 0.984. The van der Waals surface area contributed by atoms with Crippen molar-refractivity contribution in [3.05, 3.63) is 35.4 Å². The molecule has 3 nitrogen and oxygen atoms in total. The van der Waals surface area contributed by atoms with Gasteiger partial charge in [0, 0.05) is 32.2 Å². The Labute approximate surface area is 134 Å². The third kappa shape index (κ3) is 4.80. The van der Waals surface area contributed by atoms with Crippen molar-refractivity contribution >= 4 is 0 Å². The fraction of sp³-hybridized carbons (Fsp3) is 0.684. The molecule has 1 aliphatic heterocycles. The summed E-state index contributed by atoms with van der Waals surface area (Å²) in [6.45, 7) is 6.33. The number of likely N-dealkylation sites (tertiary alicyclic amines) is 1. The molecule has 3 heteroatoms. The molecule has 1 atom stereocenters. The lowest BCUT2D eigenvalue weighted by molar-refractivity contribution is 0.0791. The highest BCUT2D eigenvalue weighted by atomic mass is 16.3. The van der Waals surface area contributed by atoms with Crippen LogP contribution < -0.4 is 5.32 Å². The molecule has 0 amide bonds.